The SMILES string of the molecule is O=C1CN(S(=O)(=O)c2cccc(C(=O)N3CC(=O)Nc4ccccc43)c2)CCN1. The fourth-order valence-corrected chi connectivity index (χ4v) is 4.77. The van der Waals surface area contributed by atoms with Crippen LogP contribution in [0.15, 0.2) is 53.4 Å². The highest BCUT2D eigenvalue weighted by molar-refractivity contribution is 7.89. The predicted octanol–water partition coefficient (Wildman–Crippen LogP) is 0.406. The van der Waals surface area contributed by atoms with Gasteiger partial charge in [0.05, 0.1) is 22.8 Å². The molecule has 29 heavy (non-hydrogen) atoms. The zero-order valence-electron chi connectivity index (χ0n) is 15.3. The molecule has 2 N–H and O–H groups in total. The second-order valence-corrected chi connectivity index (χ2v) is 8.61. The molecule has 2 aromatic rings. The summed E-state index contributed by atoms with van der Waals surface area (Å²) in [5.41, 5.74) is 1.19. The maximum Gasteiger partial charge on any atom is 0.258 e. The Hall–Kier alpha value is -3.24. The minimum absolute atomic E-state index is 0.0761. The summed E-state index contributed by atoms with van der Waals surface area (Å²) in [5.74, 6) is -1.19. The minimum atomic E-state index is -3.93. The van der Waals surface area contributed by atoms with Gasteiger partial charge in [0.2, 0.25) is 21.8 Å². The Kier molecular flexibility index (Phi) is 4.81. The van der Waals surface area contributed by atoms with Gasteiger partial charge in [-0.2, -0.15) is 4.31 Å². The topological polar surface area (TPSA) is 116 Å². The highest BCUT2D eigenvalue weighted by atomic mass is 32.2. The molecule has 0 bridgehead atoms. The number of carbonyl (C=O) groups is 3. The average molecular weight is 414 g/mol. The smallest absolute Gasteiger partial charge is 0.258 e. The summed E-state index contributed by atoms with van der Waals surface area (Å²) in [6.45, 7) is -0.0401. The molecular formula is C19H18N4O5S. The van der Waals surface area contributed by atoms with Gasteiger partial charge >= 0.3 is 0 Å². The van der Waals surface area contributed by atoms with Crippen molar-refractivity contribution in [3.8, 4) is 0 Å². The molecule has 2 aliphatic rings. The summed E-state index contributed by atoms with van der Waals surface area (Å²) >= 11 is 0. The predicted molar refractivity (Wildman–Crippen MR) is 105 cm³/mol. The number of sulfonamides is 1. The van der Waals surface area contributed by atoms with E-state index in [0.29, 0.717) is 11.4 Å². The van der Waals surface area contributed by atoms with Crippen molar-refractivity contribution < 1.29 is 22.8 Å². The van der Waals surface area contributed by atoms with E-state index in [1.54, 1.807) is 24.3 Å². The molecule has 0 saturated carbocycles. The van der Waals surface area contributed by atoms with Crippen LogP contribution in [-0.2, 0) is 19.6 Å². The van der Waals surface area contributed by atoms with Gasteiger partial charge in [-0.3, -0.25) is 19.3 Å². The zero-order valence-corrected chi connectivity index (χ0v) is 16.1. The monoisotopic (exact) mass is 414 g/mol. The van der Waals surface area contributed by atoms with E-state index in [1.165, 1.54) is 29.2 Å². The quantitative estimate of drug-likeness (QED) is 0.755. The summed E-state index contributed by atoms with van der Waals surface area (Å²) in [6, 6.07) is 12.5. The third kappa shape index (κ3) is 3.59. The van der Waals surface area contributed by atoms with Crippen LogP contribution in [0.2, 0.25) is 0 Å². The van der Waals surface area contributed by atoms with Crippen LogP contribution in [0.1, 0.15) is 10.4 Å². The van der Waals surface area contributed by atoms with Crippen LogP contribution in [-0.4, -0.2) is 56.6 Å². The number of amides is 3. The molecule has 0 spiro atoms. The molecule has 3 amide bonds. The molecule has 4 rings (SSSR count). The lowest BCUT2D eigenvalue weighted by molar-refractivity contribution is -0.122. The Morgan fingerprint density at radius 1 is 0.966 bits per heavy atom. The Morgan fingerprint density at radius 3 is 2.55 bits per heavy atom. The standard InChI is InChI=1S/C19H18N4O5S/c24-17-11-22(9-8-20-17)29(27,28)14-5-3-4-13(10-14)19(26)23-12-18(25)21-15-6-1-2-7-16(15)23/h1-7,10H,8-9,11-12H2,(H,20,24)(H,21,25). The molecule has 1 saturated heterocycles. The number of anilines is 2. The van der Waals surface area contributed by atoms with Gasteiger partial charge in [-0.05, 0) is 30.3 Å². The minimum Gasteiger partial charge on any atom is -0.354 e. The Morgan fingerprint density at radius 2 is 1.76 bits per heavy atom. The third-order valence-corrected chi connectivity index (χ3v) is 6.58. The summed E-state index contributed by atoms with van der Waals surface area (Å²) in [6.07, 6.45) is 0. The van der Waals surface area contributed by atoms with Gasteiger partial charge in [0.25, 0.3) is 5.91 Å². The highest BCUT2D eigenvalue weighted by Crippen LogP contribution is 2.30. The van der Waals surface area contributed by atoms with Crippen molar-refractivity contribution in [2.24, 2.45) is 0 Å². The lowest BCUT2D eigenvalue weighted by atomic mass is 10.1. The normalized spacial score (nSPS) is 17.3. The number of para-hydroxylation sites is 2. The van der Waals surface area contributed by atoms with E-state index in [-0.39, 0.29) is 48.5 Å². The number of nitrogens with zero attached hydrogens (tertiary/aromatic N) is 2. The number of fused-ring (bicyclic) bond motifs is 1. The van der Waals surface area contributed by atoms with E-state index >= 15 is 0 Å². The van der Waals surface area contributed by atoms with Crippen molar-refractivity contribution in [1.29, 1.82) is 0 Å². The Bertz CT molecular complexity index is 1120. The van der Waals surface area contributed by atoms with Gasteiger partial charge in [-0.25, -0.2) is 8.42 Å². The maximum atomic E-state index is 13.1. The Labute approximate surface area is 167 Å². The van der Waals surface area contributed by atoms with Crippen LogP contribution < -0.4 is 15.5 Å². The van der Waals surface area contributed by atoms with Crippen LogP contribution in [0.3, 0.4) is 0 Å². The third-order valence-electron chi connectivity index (χ3n) is 4.74. The first-order chi connectivity index (χ1) is 13.9. The van der Waals surface area contributed by atoms with E-state index in [2.05, 4.69) is 10.6 Å². The molecule has 2 heterocycles. The van der Waals surface area contributed by atoms with Crippen LogP contribution in [0.4, 0.5) is 11.4 Å². The molecule has 150 valence electrons. The van der Waals surface area contributed by atoms with Crippen LogP contribution in [0, 0.1) is 0 Å². The summed E-state index contributed by atoms with van der Waals surface area (Å²) < 4.78 is 26.9. The van der Waals surface area contributed by atoms with Crippen molar-refractivity contribution in [2.75, 3.05) is 36.4 Å². The number of rotatable bonds is 3. The number of benzene rings is 2. The van der Waals surface area contributed by atoms with E-state index in [9.17, 15) is 22.8 Å². The van der Waals surface area contributed by atoms with Crippen molar-refractivity contribution in [3.63, 3.8) is 0 Å². The summed E-state index contributed by atoms with van der Waals surface area (Å²) in [5, 5.41) is 5.28. The van der Waals surface area contributed by atoms with Gasteiger partial charge in [0.15, 0.2) is 0 Å². The number of carbonyl (C=O) groups excluding carboxylic acids is 3. The summed E-state index contributed by atoms with van der Waals surface area (Å²) in [4.78, 5) is 37.9. The summed E-state index contributed by atoms with van der Waals surface area (Å²) in [7, 11) is -3.93. The van der Waals surface area contributed by atoms with Gasteiger partial charge in [0, 0.05) is 18.7 Å². The number of hydrogen-bond acceptors (Lipinski definition) is 5. The van der Waals surface area contributed by atoms with E-state index in [0.717, 1.165) is 4.31 Å². The molecule has 2 aromatic carbocycles. The van der Waals surface area contributed by atoms with Crippen molar-refractivity contribution in [3.05, 3.63) is 54.1 Å². The molecule has 0 aliphatic carbocycles. The van der Waals surface area contributed by atoms with Crippen molar-refractivity contribution >= 4 is 39.1 Å². The van der Waals surface area contributed by atoms with Crippen LogP contribution >= 0.6 is 0 Å². The molecular weight excluding hydrogens is 396 g/mol. The number of nitrogens with one attached hydrogen (secondary N) is 2. The van der Waals surface area contributed by atoms with E-state index in [1.807, 2.05) is 0 Å². The molecule has 0 unspecified atom stereocenters. The zero-order chi connectivity index (χ0) is 20.6. The van der Waals surface area contributed by atoms with Gasteiger partial charge < -0.3 is 10.6 Å². The Balaban J connectivity index is 1.66. The van der Waals surface area contributed by atoms with Gasteiger partial charge in [0.1, 0.15) is 6.54 Å². The second-order valence-electron chi connectivity index (χ2n) is 6.67. The lowest BCUT2D eigenvalue weighted by Gasteiger charge is -2.29. The van der Waals surface area contributed by atoms with Crippen molar-refractivity contribution in [2.45, 2.75) is 4.90 Å². The maximum absolute atomic E-state index is 13.1. The van der Waals surface area contributed by atoms with E-state index in [4.69, 9.17) is 0 Å². The first-order valence-corrected chi connectivity index (χ1v) is 10.4. The van der Waals surface area contributed by atoms with Gasteiger partial charge in [-0.1, -0.05) is 18.2 Å². The van der Waals surface area contributed by atoms with Crippen molar-refractivity contribution in [1.82, 2.24) is 9.62 Å². The first kappa shape index (κ1) is 19.1. The average Bonchev–Trinajstić information content (AvgIpc) is 2.72. The highest BCUT2D eigenvalue weighted by Gasteiger charge is 2.31. The lowest BCUT2D eigenvalue weighted by Crippen LogP contribution is -2.49. The van der Waals surface area contributed by atoms with Crippen LogP contribution in [0.5, 0.6) is 0 Å². The molecule has 1 fully saturated rings. The molecule has 0 aromatic heterocycles. The molecule has 9 nitrogen and oxygen atoms in total. The van der Waals surface area contributed by atoms with E-state index < -0.39 is 15.9 Å². The molecule has 0 atom stereocenters. The fourth-order valence-electron chi connectivity index (χ4n) is 3.33. The first-order valence-electron chi connectivity index (χ1n) is 8.94. The number of hydrogen-bond donors (Lipinski definition) is 2. The fraction of sp³-hybridized carbons (Fsp3) is 0.211. The number of piperazine rings is 1. The molecule has 2 aliphatic heterocycles. The molecule has 10 heteroatoms. The second kappa shape index (κ2) is 7.30. The largest absolute Gasteiger partial charge is 0.354 e. The van der Waals surface area contributed by atoms with Gasteiger partial charge in [-0.15, -0.1) is 0 Å². The molecule has 0 radical (unpaired) electrons. The van der Waals surface area contributed by atoms with Crippen LogP contribution in [0.25, 0.3) is 0 Å².